The van der Waals surface area contributed by atoms with Gasteiger partial charge in [0.1, 0.15) is 16.3 Å². The number of carbonyl (C=O) groups is 1. The van der Waals surface area contributed by atoms with Crippen molar-refractivity contribution in [2.45, 2.75) is 0 Å². The molecule has 0 bridgehead atoms. The number of hydrogen-bond donors (Lipinski definition) is 1. The van der Waals surface area contributed by atoms with Crippen molar-refractivity contribution in [3.8, 4) is 10.6 Å². The third kappa shape index (κ3) is 3.45. The van der Waals surface area contributed by atoms with E-state index in [9.17, 15) is 14.4 Å². The number of thiazole rings is 1. The number of fused-ring (bicyclic) bond motifs is 1. The highest BCUT2D eigenvalue weighted by Gasteiger charge is 2.15. The first-order chi connectivity index (χ1) is 13.8. The van der Waals surface area contributed by atoms with Gasteiger partial charge in [-0.2, -0.15) is 0 Å². The van der Waals surface area contributed by atoms with Gasteiger partial charge in [-0.1, -0.05) is 23.7 Å². The van der Waals surface area contributed by atoms with Gasteiger partial charge in [0, 0.05) is 30.1 Å². The van der Waals surface area contributed by atoms with Gasteiger partial charge in [0.2, 0.25) is 0 Å². The molecule has 0 aliphatic carbocycles. The Balaban J connectivity index is 1.65. The maximum Gasteiger partial charge on any atom is 0.332 e. The SMILES string of the molecule is Cn1c(=O)c2cc(NC(=O)c3csc(-c4cccc(Cl)c4)n3)cnc2n(C)c1=O. The molecule has 29 heavy (non-hydrogen) atoms. The van der Waals surface area contributed by atoms with Gasteiger partial charge in [-0.3, -0.25) is 18.7 Å². The number of rotatable bonds is 3. The van der Waals surface area contributed by atoms with Gasteiger partial charge in [0.25, 0.3) is 11.5 Å². The van der Waals surface area contributed by atoms with E-state index < -0.39 is 17.2 Å². The molecule has 3 aromatic heterocycles. The van der Waals surface area contributed by atoms with Crippen LogP contribution < -0.4 is 16.6 Å². The fourth-order valence-electron chi connectivity index (χ4n) is 2.86. The zero-order valence-corrected chi connectivity index (χ0v) is 16.9. The summed E-state index contributed by atoms with van der Waals surface area (Å²) in [5.41, 5.74) is 0.673. The molecule has 3 heterocycles. The Morgan fingerprint density at radius 1 is 1.17 bits per heavy atom. The van der Waals surface area contributed by atoms with E-state index in [2.05, 4.69) is 15.3 Å². The molecule has 146 valence electrons. The van der Waals surface area contributed by atoms with Gasteiger partial charge in [0.15, 0.2) is 0 Å². The molecule has 0 atom stereocenters. The second kappa shape index (κ2) is 7.26. The highest BCUT2D eigenvalue weighted by Crippen LogP contribution is 2.26. The van der Waals surface area contributed by atoms with Crippen molar-refractivity contribution >= 4 is 45.6 Å². The summed E-state index contributed by atoms with van der Waals surface area (Å²) in [6, 6.07) is 8.70. The molecular formula is C19H14ClN5O3S. The number of nitrogens with zero attached hydrogens (tertiary/aromatic N) is 4. The molecule has 0 spiro atoms. The van der Waals surface area contributed by atoms with Crippen molar-refractivity contribution in [3.63, 3.8) is 0 Å². The molecule has 0 unspecified atom stereocenters. The van der Waals surface area contributed by atoms with Crippen molar-refractivity contribution < 1.29 is 4.79 Å². The van der Waals surface area contributed by atoms with Crippen LogP contribution in [0.25, 0.3) is 21.6 Å². The van der Waals surface area contributed by atoms with Crippen molar-refractivity contribution in [3.05, 3.63) is 73.5 Å². The van der Waals surface area contributed by atoms with Crippen LogP contribution in [0.1, 0.15) is 10.5 Å². The molecule has 1 aromatic carbocycles. The van der Waals surface area contributed by atoms with Gasteiger partial charge in [-0.25, -0.2) is 14.8 Å². The number of carbonyl (C=O) groups excluding carboxylic acids is 1. The summed E-state index contributed by atoms with van der Waals surface area (Å²) in [4.78, 5) is 45.4. The second-order valence-electron chi connectivity index (χ2n) is 6.30. The number of benzene rings is 1. The maximum atomic E-state index is 12.6. The van der Waals surface area contributed by atoms with E-state index in [0.29, 0.717) is 15.7 Å². The Morgan fingerprint density at radius 2 is 1.97 bits per heavy atom. The third-order valence-corrected chi connectivity index (χ3v) is 5.49. The fraction of sp³-hybridized carbons (Fsp3) is 0.105. The summed E-state index contributed by atoms with van der Waals surface area (Å²) in [7, 11) is 2.92. The zero-order valence-electron chi connectivity index (χ0n) is 15.3. The minimum Gasteiger partial charge on any atom is -0.319 e. The molecule has 4 rings (SSSR count). The lowest BCUT2D eigenvalue weighted by Gasteiger charge is -2.08. The summed E-state index contributed by atoms with van der Waals surface area (Å²) < 4.78 is 2.27. The summed E-state index contributed by atoms with van der Waals surface area (Å²) in [6.07, 6.45) is 1.39. The molecule has 0 aliphatic rings. The van der Waals surface area contributed by atoms with E-state index in [1.54, 1.807) is 17.5 Å². The van der Waals surface area contributed by atoms with E-state index in [-0.39, 0.29) is 16.7 Å². The number of pyridine rings is 1. The minimum atomic E-state index is -0.483. The highest BCUT2D eigenvalue weighted by atomic mass is 35.5. The number of anilines is 1. The summed E-state index contributed by atoms with van der Waals surface area (Å²) in [5.74, 6) is -0.433. The summed E-state index contributed by atoms with van der Waals surface area (Å²) in [6.45, 7) is 0. The van der Waals surface area contributed by atoms with Crippen LogP contribution >= 0.6 is 22.9 Å². The van der Waals surface area contributed by atoms with Crippen LogP contribution in [0.4, 0.5) is 5.69 Å². The van der Waals surface area contributed by atoms with Crippen LogP contribution in [0.2, 0.25) is 5.02 Å². The largest absolute Gasteiger partial charge is 0.332 e. The molecule has 10 heteroatoms. The van der Waals surface area contributed by atoms with Crippen molar-refractivity contribution in [1.29, 1.82) is 0 Å². The Morgan fingerprint density at radius 3 is 2.72 bits per heavy atom. The quantitative estimate of drug-likeness (QED) is 0.542. The first kappa shape index (κ1) is 19.0. The number of aryl methyl sites for hydroxylation is 1. The molecule has 0 fully saturated rings. The normalized spacial score (nSPS) is 11.0. The molecule has 1 N–H and O–H groups in total. The van der Waals surface area contributed by atoms with E-state index in [0.717, 1.165) is 10.1 Å². The second-order valence-corrected chi connectivity index (χ2v) is 7.60. The van der Waals surface area contributed by atoms with Gasteiger partial charge in [0.05, 0.1) is 17.3 Å². The molecule has 0 aliphatic heterocycles. The Hall–Kier alpha value is -3.30. The maximum absolute atomic E-state index is 12.6. The lowest BCUT2D eigenvalue weighted by molar-refractivity contribution is 0.102. The monoisotopic (exact) mass is 427 g/mol. The number of nitrogens with one attached hydrogen (secondary N) is 1. The topological polar surface area (TPSA) is 98.9 Å². The first-order valence-electron chi connectivity index (χ1n) is 8.44. The Bertz CT molecular complexity index is 1390. The highest BCUT2D eigenvalue weighted by molar-refractivity contribution is 7.13. The standard InChI is InChI=1S/C19H14ClN5O3S/c1-24-15-13(18(27)25(2)19(24)28)7-12(8-21-15)22-16(26)14-9-29-17(23-14)10-4-3-5-11(20)6-10/h3-9H,1-2H3,(H,22,26). The van der Waals surface area contributed by atoms with Gasteiger partial charge in [-0.05, 0) is 18.2 Å². The molecule has 0 saturated heterocycles. The summed E-state index contributed by atoms with van der Waals surface area (Å²) in [5, 5.41) is 5.81. The zero-order chi connectivity index (χ0) is 20.7. The molecule has 0 saturated carbocycles. The van der Waals surface area contributed by atoms with Crippen LogP contribution in [-0.4, -0.2) is 25.0 Å². The van der Waals surface area contributed by atoms with Crippen molar-refractivity contribution in [1.82, 2.24) is 19.1 Å². The van der Waals surface area contributed by atoms with E-state index >= 15 is 0 Å². The lowest BCUT2D eigenvalue weighted by atomic mass is 10.2. The third-order valence-electron chi connectivity index (χ3n) is 4.36. The van der Waals surface area contributed by atoms with E-state index in [1.807, 2.05) is 12.1 Å². The Kier molecular flexibility index (Phi) is 4.77. The molecule has 4 aromatic rings. The van der Waals surface area contributed by atoms with Crippen LogP contribution in [0.15, 0.2) is 51.5 Å². The Labute approximate surface area is 173 Å². The summed E-state index contributed by atoms with van der Waals surface area (Å²) >= 11 is 7.33. The van der Waals surface area contributed by atoms with Gasteiger partial charge in [-0.15, -0.1) is 11.3 Å². The fourth-order valence-corrected chi connectivity index (χ4v) is 3.85. The van der Waals surface area contributed by atoms with Crippen LogP contribution in [0.3, 0.4) is 0 Å². The van der Waals surface area contributed by atoms with Crippen LogP contribution in [-0.2, 0) is 14.1 Å². The lowest BCUT2D eigenvalue weighted by Crippen LogP contribution is -2.37. The average Bonchev–Trinajstić information content (AvgIpc) is 3.21. The van der Waals surface area contributed by atoms with Gasteiger partial charge < -0.3 is 5.32 Å². The molecular weight excluding hydrogens is 414 g/mol. The van der Waals surface area contributed by atoms with Crippen LogP contribution in [0, 0.1) is 0 Å². The predicted molar refractivity (Wildman–Crippen MR) is 113 cm³/mol. The van der Waals surface area contributed by atoms with Crippen molar-refractivity contribution in [2.75, 3.05) is 5.32 Å². The number of aromatic nitrogens is 4. The number of hydrogen-bond acceptors (Lipinski definition) is 6. The molecule has 1 amide bonds. The molecule has 8 nitrogen and oxygen atoms in total. The number of halogens is 1. The predicted octanol–water partition coefficient (Wildman–Crippen LogP) is 2.66. The minimum absolute atomic E-state index is 0.227. The number of amides is 1. The smallest absolute Gasteiger partial charge is 0.319 e. The average molecular weight is 428 g/mol. The van der Waals surface area contributed by atoms with Crippen molar-refractivity contribution in [2.24, 2.45) is 14.1 Å². The van der Waals surface area contributed by atoms with Crippen LogP contribution in [0.5, 0.6) is 0 Å². The van der Waals surface area contributed by atoms with Gasteiger partial charge >= 0.3 is 5.69 Å². The molecule has 0 radical (unpaired) electrons. The first-order valence-corrected chi connectivity index (χ1v) is 9.69. The van der Waals surface area contributed by atoms with E-state index in [4.69, 9.17) is 11.6 Å². The van der Waals surface area contributed by atoms with E-state index in [1.165, 1.54) is 42.3 Å².